The highest BCUT2D eigenvalue weighted by Gasteiger charge is 2.38. The zero-order chi connectivity index (χ0) is 13.5. The van der Waals surface area contributed by atoms with Crippen LogP contribution in [0.15, 0.2) is 30.5 Å². The van der Waals surface area contributed by atoms with Crippen LogP contribution in [0.2, 0.25) is 0 Å². The van der Waals surface area contributed by atoms with Crippen LogP contribution in [0.25, 0.3) is 11.0 Å². The molecule has 2 fully saturated rings. The van der Waals surface area contributed by atoms with Gasteiger partial charge in [-0.1, -0.05) is 12.1 Å². The van der Waals surface area contributed by atoms with Crippen LogP contribution < -0.4 is 4.90 Å². The Bertz CT molecular complexity index is 616. The molecule has 2 bridgehead atoms. The van der Waals surface area contributed by atoms with Crippen molar-refractivity contribution in [2.24, 2.45) is 0 Å². The Morgan fingerprint density at radius 1 is 1.05 bits per heavy atom. The average Bonchev–Trinajstić information content (AvgIpc) is 2.46. The first-order chi connectivity index (χ1) is 9.81. The molecule has 4 nitrogen and oxygen atoms in total. The number of anilines is 1. The highest BCUT2D eigenvalue weighted by Crippen LogP contribution is 2.37. The molecule has 0 saturated carbocycles. The fourth-order valence-corrected chi connectivity index (χ4v) is 3.80. The van der Waals surface area contributed by atoms with Gasteiger partial charge in [0.1, 0.15) is 5.82 Å². The fraction of sp³-hybridized carbons (Fsp3) is 0.500. The number of aliphatic hydroxyl groups excluding tert-OH is 1. The lowest BCUT2D eigenvalue weighted by Gasteiger charge is -2.48. The molecule has 20 heavy (non-hydrogen) atoms. The number of nitrogens with zero attached hydrogens (tertiary/aromatic N) is 3. The predicted octanol–water partition coefficient (Wildman–Crippen LogP) is 2.51. The molecule has 2 aliphatic heterocycles. The first kappa shape index (κ1) is 12.1. The minimum Gasteiger partial charge on any atom is -0.393 e. The maximum atomic E-state index is 9.99. The Labute approximate surface area is 118 Å². The van der Waals surface area contributed by atoms with Gasteiger partial charge >= 0.3 is 0 Å². The number of rotatable bonds is 1. The number of hydrogen-bond donors (Lipinski definition) is 1. The van der Waals surface area contributed by atoms with Gasteiger partial charge in [0.15, 0.2) is 0 Å². The largest absolute Gasteiger partial charge is 0.393 e. The molecule has 1 unspecified atom stereocenters. The van der Waals surface area contributed by atoms with E-state index >= 15 is 0 Å². The lowest BCUT2D eigenvalue weighted by molar-refractivity contribution is 0.0924. The van der Waals surface area contributed by atoms with Crippen molar-refractivity contribution in [3.8, 4) is 0 Å². The summed E-state index contributed by atoms with van der Waals surface area (Å²) in [5, 5.41) is 9.99. The van der Waals surface area contributed by atoms with Gasteiger partial charge in [-0.05, 0) is 44.2 Å². The number of piperidine rings is 2. The molecule has 1 aromatic carbocycles. The van der Waals surface area contributed by atoms with Crippen LogP contribution in [0, 0.1) is 0 Å². The fourth-order valence-electron chi connectivity index (χ4n) is 3.80. The number of para-hydroxylation sites is 2. The molecular formula is C16H19N3O. The average molecular weight is 269 g/mol. The van der Waals surface area contributed by atoms with Crippen molar-refractivity contribution < 1.29 is 5.11 Å². The summed E-state index contributed by atoms with van der Waals surface area (Å²) in [7, 11) is 0. The van der Waals surface area contributed by atoms with Gasteiger partial charge in [-0.3, -0.25) is 4.98 Å². The Balaban J connectivity index is 1.74. The summed E-state index contributed by atoms with van der Waals surface area (Å²) in [5.41, 5.74) is 1.90. The normalized spacial score (nSPS) is 29.6. The van der Waals surface area contributed by atoms with Crippen molar-refractivity contribution in [2.45, 2.75) is 50.3 Å². The highest BCUT2D eigenvalue weighted by molar-refractivity contribution is 5.75. The topological polar surface area (TPSA) is 49.2 Å². The summed E-state index contributed by atoms with van der Waals surface area (Å²) in [4.78, 5) is 11.7. The third-order valence-corrected chi connectivity index (χ3v) is 4.65. The molecule has 0 spiro atoms. The first-order valence-corrected chi connectivity index (χ1v) is 7.49. The third kappa shape index (κ3) is 1.95. The van der Waals surface area contributed by atoms with Crippen LogP contribution in [0.4, 0.5) is 5.82 Å². The van der Waals surface area contributed by atoms with Gasteiger partial charge in [0.05, 0.1) is 23.3 Å². The Morgan fingerprint density at radius 2 is 1.75 bits per heavy atom. The van der Waals surface area contributed by atoms with Crippen LogP contribution in [0.3, 0.4) is 0 Å². The smallest absolute Gasteiger partial charge is 0.148 e. The monoisotopic (exact) mass is 269 g/mol. The molecule has 0 amide bonds. The van der Waals surface area contributed by atoms with E-state index < -0.39 is 0 Å². The molecule has 104 valence electrons. The number of benzene rings is 1. The van der Waals surface area contributed by atoms with Gasteiger partial charge in [-0.15, -0.1) is 0 Å². The Morgan fingerprint density at radius 3 is 2.50 bits per heavy atom. The maximum Gasteiger partial charge on any atom is 0.148 e. The molecule has 3 atom stereocenters. The zero-order valence-corrected chi connectivity index (χ0v) is 11.4. The summed E-state index contributed by atoms with van der Waals surface area (Å²) in [5.74, 6) is 0.977. The Hall–Kier alpha value is -1.68. The van der Waals surface area contributed by atoms with E-state index in [2.05, 4.69) is 9.88 Å². The summed E-state index contributed by atoms with van der Waals surface area (Å²) >= 11 is 0. The molecule has 2 aromatic rings. The molecule has 1 N–H and O–H groups in total. The van der Waals surface area contributed by atoms with Gasteiger partial charge in [-0.25, -0.2) is 4.98 Å². The molecule has 4 rings (SSSR count). The van der Waals surface area contributed by atoms with Crippen molar-refractivity contribution in [3.63, 3.8) is 0 Å². The summed E-state index contributed by atoms with van der Waals surface area (Å²) in [6, 6.07) is 8.85. The van der Waals surface area contributed by atoms with Gasteiger partial charge in [-0.2, -0.15) is 0 Å². The lowest BCUT2D eigenvalue weighted by Crippen LogP contribution is -2.54. The van der Waals surface area contributed by atoms with E-state index in [9.17, 15) is 5.11 Å². The van der Waals surface area contributed by atoms with Gasteiger partial charge in [0.25, 0.3) is 0 Å². The van der Waals surface area contributed by atoms with E-state index in [1.807, 2.05) is 30.5 Å². The first-order valence-electron chi connectivity index (χ1n) is 7.49. The second-order valence-electron chi connectivity index (χ2n) is 5.99. The quantitative estimate of drug-likeness (QED) is 0.864. The second kappa shape index (κ2) is 4.70. The van der Waals surface area contributed by atoms with Crippen molar-refractivity contribution in [2.75, 3.05) is 4.90 Å². The summed E-state index contributed by atoms with van der Waals surface area (Å²) < 4.78 is 0. The van der Waals surface area contributed by atoms with E-state index in [0.29, 0.717) is 12.1 Å². The second-order valence-corrected chi connectivity index (χ2v) is 5.99. The molecule has 0 radical (unpaired) electrons. The molecule has 2 aliphatic rings. The minimum atomic E-state index is -0.144. The van der Waals surface area contributed by atoms with E-state index in [4.69, 9.17) is 4.98 Å². The van der Waals surface area contributed by atoms with Crippen LogP contribution in [0.1, 0.15) is 32.1 Å². The molecular weight excluding hydrogens is 250 g/mol. The van der Waals surface area contributed by atoms with Crippen molar-refractivity contribution in [1.29, 1.82) is 0 Å². The molecule has 0 aliphatic carbocycles. The van der Waals surface area contributed by atoms with E-state index in [-0.39, 0.29) is 6.10 Å². The number of hydrogen-bond acceptors (Lipinski definition) is 4. The van der Waals surface area contributed by atoms with Gasteiger partial charge < -0.3 is 10.0 Å². The summed E-state index contributed by atoms with van der Waals surface area (Å²) in [6.07, 6.45) is 7.06. The summed E-state index contributed by atoms with van der Waals surface area (Å²) in [6.45, 7) is 0. The standard InChI is InChI=1S/C16H19N3O/c20-13-8-11-4-3-5-12(9-13)19(11)16-10-17-14-6-1-2-7-15(14)18-16/h1-2,6-7,10-13,20H,3-5,8-9H2/t11-,12+,13?. The van der Waals surface area contributed by atoms with Crippen LogP contribution >= 0.6 is 0 Å². The number of aliphatic hydroxyl groups is 1. The predicted molar refractivity (Wildman–Crippen MR) is 78.7 cm³/mol. The van der Waals surface area contributed by atoms with Crippen LogP contribution in [0.5, 0.6) is 0 Å². The zero-order valence-electron chi connectivity index (χ0n) is 11.4. The van der Waals surface area contributed by atoms with Crippen LogP contribution in [-0.4, -0.2) is 33.3 Å². The Kier molecular flexibility index (Phi) is 2.84. The molecule has 3 heterocycles. The van der Waals surface area contributed by atoms with Crippen LogP contribution in [-0.2, 0) is 0 Å². The van der Waals surface area contributed by atoms with E-state index in [0.717, 1.165) is 42.5 Å². The van der Waals surface area contributed by atoms with Crippen molar-refractivity contribution in [3.05, 3.63) is 30.5 Å². The lowest BCUT2D eigenvalue weighted by atomic mass is 9.83. The molecule has 4 heteroatoms. The van der Waals surface area contributed by atoms with Gasteiger partial charge in [0.2, 0.25) is 0 Å². The SMILES string of the molecule is OC1C[C@H]2CCC[C@@H](C1)N2c1cnc2ccccc2n1. The van der Waals surface area contributed by atoms with Crippen molar-refractivity contribution >= 4 is 16.9 Å². The van der Waals surface area contributed by atoms with E-state index in [1.54, 1.807) is 0 Å². The number of aromatic nitrogens is 2. The molecule has 1 aromatic heterocycles. The highest BCUT2D eigenvalue weighted by atomic mass is 16.3. The maximum absolute atomic E-state index is 9.99. The molecule has 2 saturated heterocycles. The van der Waals surface area contributed by atoms with Crippen molar-refractivity contribution in [1.82, 2.24) is 9.97 Å². The third-order valence-electron chi connectivity index (χ3n) is 4.65. The van der Waals surface area contributed by atoms with E-state index in [1.165, 1.54) is 6.42 Å². The number of fused-ring (bicyclic) bond motifs is 3. The van der Waals surface area contributed by atoms with Gasteiger partial charge in [0, 0.05) is 12.1 Å². The minimum absolute atomic E-state index is 0.144.